The molecule has 4 heteroatoms. The fourth-order valence-electron chi connectivity index (χ4n) is 1.94. The van der Waals surface area contributed by atoms with Crippen LogP contribution < -0.4 is 4.74 Å². The number of nitrogens with one attached hydrogen (secondary N) is 1. The summed E-state index contributed by atoms with van der Waals surface area (Å²) >= 11 is 0. The lowest BCUT2D eigenvalue weighted by molar-refractivity contribution is 0.302. The van der Waals surface area contributed by atoms with Crippen molar-refractivity contribution in [2.45, 2.75) is 6.61 Å². The van der Waals surface area contributed by atoms with E-state index in [2.05, 4.69) is 4.98 Å². The van der Waals surface area contributed by atoms with Crippen molar-refractivity contribution >= 4 is 10.9 Å². The molecule has 96 valence electrons. The molecule has 19 heavy (non-hydrogen) atoms. The second-order valence-electron chi connectivity index (χ2n) is 4.31. The molecule has 2 N–H and O–H groups in total. The first kappa shape index (κ1) is 11.6. The number of ether oxygens (including phenoxy) is 1. The standard InChI is InChI=1S/C15H12FNO2/c16-11-2-1-10-7-12(17-15(10)8-11)9-19-14-5-3-13(18)4-6-14/h1-8,17-18H,9H2. The molecule has 3 nitrogen and oxygen atoms in total. The molecular formula is C15H12FNO2. The van der Waals surface area contributed by atoms with Gasteiger partial charge in [-0.15, -0.1) is 0 Å². The molecule has 0 bridgehead atoms. The molecule has 1 heterocycles. The molecule has 0 fully saturated rings. The minimum atomic E-state index is -0.264. The average Bonchev–Trinajstić information content (AvgIpc) is 2.80. The molecule has 0 aliphatic heterocycles. The Labute approximate surface area is 109 Å². The lowest BCUT2D eigenvalue weighted by Gasteiger charge is -2.04. The topological polar surface area (TPSA) is 45.2 Å². The number of hydrogen-bond acceptors (Lipinski definition) is 2. The van der Waals surface area contributed by atoms with Crippen molar-refractivity contribution in [3.8, 4) is 11.5 Å². The molecule has 0 saturated heterocycles. The van der Waals surface area contributed by atoms with Gasteiger partial charge in [-0.05, 0) is 53.9 Å². The van der Waals surface area contributed by atoms with E-state index in [1.807, 2.05) is 6.07 Å². The van der Waals surface area contributed by atoms with Crippen molar-refractivity contribution in [3.63, 3.8) is 0 Å². The third kappa shape index (κ3) is 2.52. The molecule has 0 aliphatic carbocycles. The van der Waals surface area contributed by atoms with Gasteiger partial charge in [0.05, 0.1) is 5.69 Å². The molecule has 0 saturated carbocycles. The first-order chi connectivity index (χ1) is 9.20. The summed E-state index contributed by atoms with van der Waals surface area (Å²) in [6.45, 7) is 0.362. The number of phenols is 1. The quantitative estimate of drug-likeness (QED) is 0.753. The predicted molar refractivity (Wildman–Crippen MR) is 70.7 cm³/mol. The minimum absolute atomic E-state index is 0.202. The van der Waals surface area contributed by atoms with Crippen LogP contribution in [0.3, 0.4) is 0 Å². The number of aromatic nitrogens is 1. The maximum absolute atomic E-state index is 13.1. The van der Waals surface area contributed by atoms with Gasteiger partial charge in [0.25, 0.3) is 0 Å². The van der Waals surface area contributed by atoms with Crippen LogP contribution in [0.5, 0.6) is 11.5 Å². The third-order valence-corrected chi connectivity index (χ3v) is 2.87. The van der Waals surface area contributed by atoms with Gasteiger partial charge < -0.3 is 14.8 Å². The summed E-state index contributed by atoms with van der Waals surface area (Å²) in [4.78, 5) is 3.10. The zero-order valence-corrected chi connectivity index (χ0v) is 10.1. The number of H-pyrrole nitrogens is 1. The van der Waals surface area contributed by atoms with Crippen LogP contribution in [0, 0.1) is 5.82 Å². The van der Waals surface area contributed by atoms with Crippen LogP contribution in [0.4, 0.5) is 4.39 Å². The highest BCUT2D eigenvalue weighted by atomic mass is 19.1. The molecule has 3 rings (SSSR count). The number of benzene rings is 2. The van der Waals surface area contributed by atoms with Gasteiger partial charge in [0.15, 0.2) is 0 Å². The number of aromatic amines is 1. The fraction of sp³-hybridized carbons (Fsp3) is 0.0667. The molecule has 0 unspecified atom stereocenters. The Hall–Kier alpha value is -2.49. The summed E-state index contributed by atoms with van der Waals surface area (Å²) in [5, 5.41) is 10.1. The van der Waals surface area contributed by atoms with Crippen LogP contribution in [-0.4, -0.2) is 10.1 Å². The van der Waals surface area contributed by atoms with E-state index in [-0.39, 0.29) is 11.6 Å². The van der Waals surface area contributed by atoms with Crippen LogP contribution in [-0.2, 0) is 6.61 Å². The predicted octanol–water partition coefficient (Wildman–Crippen LogP) is 3.59. The summed E-state index contributed by atoms with van der Waals surface area (Å²) in [6.07, 6.45) is 0. The lowest BCUT2D eigenvalue weighted by Crippen LogP contribution is -1.94. The molecule has 2 aromatic carbocycles. The number of aromatic hydroxyl groups is 1. The van der Waals surface area contributed by atoms with Crippen molar-refractivity contribution in [1.82, 2.24) is 4.98 Å². The first-order valence-corrected chi connectivity index (χ1v) is 5.90. The summed E-state index contributed by atoms with van der Waals surface area (Å²) in [7, 11) is 0. The van der Waals surface area contributed by atoms with E-state index in [0.29, 0.717) is 12.4 Å². The Morgan fingerprint density at radius 2 is 1.84 bits per heavy atom. The van der Waals surface area contributed by atoms with E-state index in [0.717, 1.165) is 16.6 Å². The van der Waals surface area contributed by atoms with E-state index in [9.17, 15) is 4.39 Å². The molecule has 0 aliphatic rings. The van der Waals surface area contributed by atoms with Gasteiger partial charge in [-0.2, -0.15) is 0 Å². The molecule has 1 aromatic heterocycles. The monoisotopic (exact) mass is 257 g/mol. The lowest BCUT2D eigenvalue weighted by atomic mass is 10.2. The first-order valence-electron chi connectivity index (χ1n) is 5.90. The van der Waals surface area contributed by atoms with Crippen molar-refractivity contribution in [1.29, 1.82) is 0 Å². The summed E-state index contributed by atoms with van der Waals surface area (Å²) in [6, 6.07) is 13.1. The molecule has 0 radical (unpaired) electrons. The highest BCUT2D eigenvalue weighted by Gasteiger charge is 2.03. The zero-order valence-electron chi connectivity index (χ0n) is 10.1. The van der Waals surface area contributed by atoms with Gasteiger partial charge in [0, 0.05) is 5.52 Å². The summed E-state index contributed by atoms with van der Waals surface area (Å²) < 4.78 is 18.6. The number of halogens is 1. The third-order valence-electron chi connectivity index (χ3n) is 2.87. The van der Waals surface area contributed by atoms with Gasteiger partial charge >= 0.3 is 0 Å². The maximum atomic E-state index is 13.1. The summed E-state index contributed by atoms with van der Waals surface area (Å²) in [5.74, 6) is 0.608. The van der Waals surface area contributed by atoms with Crippen molar-refractivity contribution in [2.75, 3.05) is 0 Å². The second-order valence-corrected chi connectivity index (χ2v) is 4.31. The number of hydrogen-bond donors (Lipinski definition) is 2. The Balaban J connectivity index is 1.76. The van der Waals surface area contributed by atoms with Crippen molar-refractivity contribution in [3.05, 3.63) is 60.0 Å². The number of fused-ring (bicyclic) bond motifs is 1. The minimum Gasteiger partial charge on any atom is -0.508 e. The second kappa shape index (κ2) is 4.65. The number of rotatable bonds is 3. The van der Waals surface area contributed by atoms with Gasteiger partial charge in [-0.1, -0.05) is 0 Å². The van der Waals surface area contributed by atoms with Crippen molar-refractivity contribution < 1.29 is 14.2 Å². The van der Waals surface area contributed by atoms with E-state index in [1.165, 1.54) is 12.1 Å². The normalized spacial score (nSPS) is 10.8. The van der Waals surface area contributed by atoms with Gasteiger partial charge in [0.1, 0.15) is 23.9 Å². The molecule has 3 aromatic rings. The van der Waals surface area contributed by atoms with Crippen LogP contribution in [0.15, 0.2) is 48.5 Å². The SMILES string of the molecule is Oc1ccc(OCc2cc3ccc(F)cc3[nH]2)cc1. The van der Waals surface area contributed by atoms with E-state index in [1.54, 1.807) is 30.3 Å². The highest BCUT2D eigenvalue weighted by molar-refractivity contribution is 5.80. The van der Waals surface area contributed by atoms with E-state index < -0.39 is 0 Å². The highest BCUT2D eigenvalue weighted by Crippen LogP contribution is 2.20. The van der Waals surface area contributed by atoms with Crippen LogP contribution in [0.1, 0.15) is 5.69 Å². The Morgan fingerprint density at radius 1 is 1.05 bits per heavy atom. The maximum Gasteiger partial charge on any atom is 0.128 e. The molecular weight excluding hydrogens is 245 g/mol. The van der Waals surface area contributed by atoms with Gasteiger partial charge in [-0.3, -0.25) is 0 Å². The van der Waals surface area contributed by atoms with Crippen LogP contribution in [0.25, 0.3) is 10.9 Å². The Morgan fingerprint density at radius 3 is 2.63 bits per heavy atom. The van der Waals surface area contributed by atoms with Crippen LogP contribution in [0.2, 0.25) is 0 Å². The Bertz CT molecular complexity index is 704. The molecule has 0 atom stereocenters. The van der Waals surface area contributed by atoms with E-state index in [4.69, 9.17) is 9.84 Å². The molecule has 0 amide bonds. The van der Waals surface area contributed by atoms with Gasteiger partial charge in [-0.25, -0.2) is 4.39 Å². The number of phenolic OH excluding ortho intramolecular Hbond substituents is 1. The zero-order chi connectivity index (χ0) is 13.2. The van der Waals surface area contributed by atoms with E-state index >= 15 is 0 Å². The van der Waals surface area contributed by atoms with Crippen molar-refractivity contribution in [2.24, 2.45) is 0 Å². The Kier molecular flexibility index (Phi) is 2.83. The smallest absolute Gasteiger partial charge is 0.128 e. The van der Waals surface area contributed by atoms with Gasteiger partial charge in [0.2, 0.25) is 0 Å². The molecule has 0 spiro atoms. The fourth-order valence-corrected chi connectivity index (χ4v) is 1.94. The summed E-state index contributed by atoms with van der Waals surface area (Å²) in [5.41, 5.74) is 1.62. The average molecular weight is 257 g/mol. The largest absolute Gasteiger partial charge is 0.508 e. The van der Waals surface area contributed by atoms with Crippen LogP contribution >= 0.6 is 0 Å².